The predicted molar refractivity (Wildman–Crippen MR) is 169 cm³/mol. The average Bonchev–Trinajstić information content (AvgIpc) is 3.47. The van der Waals surface area contributed by atoms with E-state index in [2.05, 4.69) is 75.5 Å². The van der Waals surface area contributed by atoms with E-state index in [-0.39, 0.29) is 11.8 Å². The molecular weight excluding hydrogens is 552 g/mol. The van der Waals surface area contributed by atoms with Crippen molar-refractivity contribution in [3.63, 3.8) is 0 Å². The van der Waals surface area contributed by atoms with Gasteiger partial charge in [-0.05, 0) is 73.4 Å². The van der Waals surface area contributed by atoms with Crippen LogP contribution in [0.15, 0.2) is 97.1 Å². The maximum absolute atomic E-state index is 12.6. The predicted octanol–water partition coefficient (Wildman–Crippen LogP) is 5.31. The van der Waals surface area contributed by atoms with Crippen molar-refractivity contribution in [2.24, 2.45) is 0 Å². The van der Waals surface area contributed by atoms with E-state index in [9.17, 15) is 9.90 Å². The van der Waals surface area contributed by atoms with Crippen molar-refractivity contribution in [2.45, 2.75) is 45.8 Å². The maximum Gasteiger partial charge on any atom is 0.367 e. The minimum Gasteiger partial charge on any atom is -0.508 e. The topological polar surface area (TPSA) is 96.6 Å². The third-order valence-corrected chi connectivity index (χ3v) is 8.10. The summed E-state index contributed by atoms with van der Waals surface area (Å²) >= 11 is 0. The first-order valence-electron chi connectivity index (χ1n) is 14.9. The van der Waals surface area contributed by atoms with Gasteiger partial charge in [-0.25, -0.2) is 4.79 Å². The third kappa shape index (κ3) is 6.63. The first-order chi connectivity index (χ1) is 21.3. The fourth-order valence-corrected chi connectivity index (χ4v) is 5.88. The molecule has 6 rings (SSSR count). The van der Waals surface area contributed by atoms with E-state index in [1.54, 1.807) is 24.3 Å². The number of hydrogen-bond donors (Lipinski definition) is 1. The number of carbonyl (C=O) groups excluding carboxylic acids is 1. The molecule has 0 bridgehead atoms. The second-order valence-corrected chi connectivity index (χ2v) is 11.6. The van der Waals surface area contributed by atoms with E-state index in [1.165, 1.54) is 5.56 Å². The standard InChI is InChI=1S/C35H36N6O3/c1-24-10-9-14-30(16-24)35(43)44-41-37-34(36-38-41)33-15-8-7-13-29(33)17-28-18-31(20-32(42)19-28)40-22-25(2)39(21-26(40)3)23-27-11-5-4-6-12-27/h4-16,18-20,25-26,42H,17,21-23H2,1-3H3/t25-,26+/m1/s1. The van der Waals surface area contributed by atoms with Crippen LogP contribution >= 0.6 is 0 Å². The lowest BCUT2D eigenvalue weighted by molar-refractivity contribution is 0.0296. The maximum atomic E-state index is 12.6. The van der Waals surface area contributed by atoms with Gasteiger partial charge in [-0.15, -0.1) is 5.10 Å². The van der Waals surface area contributed by atoms with Gasteiger partial charge in [0.1, 0.15) is 5.75 Å². The largest absolute Gasteiger partial charge is 0.508 e. The van der Waals surface area contributed by atoms with Crippen LogP contribution in [0.2, 0.25) is 0 Å². The molecule has 1 aliphatic heterocycles. The van der Waals surface area contributed by atoms with Crippen LogP contribution in [0, 0.1) is 6.92 Å². The summed E-state index contributed by atoms with van der Waals surface area (Å²) in [6.45, 7) is 9.13. The van der Waals surface area contributed by atoms with Gasteiger partial charge >= 0.3 is 5.97 Å². The number of aromatic hydroxyl groups is 1. The first kappa shape index (κ1) is 29.1. The Morgan fingerprint density at radius 3 is 2.50 bits per heavy atom. The SMILES string of the molecule is Cc1cccc(C(=O)On2nnc(-c3ccccc3Cc3cc(O)cc(N4C[C@@H](C)N(Cc5ccccc5)C[C@@H]4C)c3)n2)c1. The van der Waals surface area contributed by atoms with Crippen LogP contribution in [0.4, 0.5) is 5.69 Å². The summed E-state index contributed by atoms with van der Waals surface area (Å²) in [4.78, 5) is 23.7. The van der Waals surface area contributed by atoms with E-state index in [0.717, 1.165) is 52.5 Å². The fourth-order valence-electron chi connectivity index (χ4n) is 5.88. The molecule has 1 N–H and O–H groups in total. The van der Waals surface area contributed by atoms with Crippen LogP contribution in [0.3, 0.4) is 0 Å². The number of piperazine rings is 1. The number of hydrogen-bond acceptors (Lipinski definition) is 8. The van der Waals surface area contributed by atoms with E-state index in [0.29, 0.717) is 23.9 Å². The lowest BCUT2D eigenvalue weighted by Gasteiger charge is -2.45. The average molecular weight is 589 g/mol. The molecule has 2 atom stereocenters. The Hall–Kier alpha value is -5.02. The highest BCUT2D eigenvalue weighted by atomic mass is 16.7. The van der Waals surface area contributed by atoms with Crippen molar-refractivity contribution >= 4 is 11.7 Å². The summed E-state index contributed by atoms with van der Waals surface area (Å²) in [5.41, 5.74) is 6.38. The van der Waals surface area contributed by atoms with Gasteiger partial charge in [-0.2, -0.15) is 0 Å². The lowest BCUT2D eigenvalue weighted by Crippen LogP contribution is -2.56. The van der Waals surface area contributed by atoms with Gasteiger partial charge in [-0.1, -0.05) is 77.4 Å². The van der Waals surface area contributed by atoms with Gasteiger partial charge in [0.15, 0.2) is 0 Å². The number of rotatable bonds is 8. The highest BCUT2D eigenvalue weighted by molar-refractivity contribution is 5.89. The van der Waals surface area contributed by atoms with Gasteiger partial charge in [0.2, 0.25) is 5.82 Å². The smallest absolute Gasteiger partial charge is 0.367 e. The number of nitrogens with zero attached hydrogens (tertiary/aromatic N) is 6. The number of tetrazole rings is 1. The number of phenols is 1. The zero-order valence-corrected chi connectivity index (χ0v) is 25.2. The minimum absolute atomic E-state index is 0.230. The molecule has 224 valence electrons. The van der Waals surface area contributed by atoms with Crippen LogP contribution in [0.1, 0.15) is 46.5 Å². The molecule has 2 heterocycles. The van der Waals surface area contributed by atoms with E-state index < -0.39 is 5.97 Å². The molecule has 0 aliphatic carbocycles. The Labute approximate surface area is 257 Å². The number of anilines is 1. The van der Waals surface area contributed by atoms with Gasteiger partial charge < -0.3 is 10.0 Å². The highest BCUT2D eigenvalue weighted by Gasteiger charge is 2.29. The van der Waals surface area contributed by atoms with Crippen LogP contribution in [-0.4, -0.2) is 61.5 Å². The Balaban J connectivity index is 1.18. The fraction of sp³-hybridized carbons (Fsp3) is 0.257. The van der Waals surface area contributed by atoms with Gasteiger partial charge in [0.25, 0.3) is 0 Å². The number of aryl methyl sites for hydroxylation is 1. The molecule has 0 radical (unpaired) electrons. The second-order valence-electron chi connectivity index (χ2n) is 11.6. The lowest BCUT2D eigenvalue weighted by atomic mass is 9.98. The highest BCUT2D eigenvalue weighted by Crippen LogP contribution is 2.31. The van der Waals surface area contributed by atoms with Crippen LogP contribution in [0.5, 0.6) is 5.75 Å². The molecule has 0 saturated carbocycles. The van der Waals surface area contributed by atoms with Crippen LogP contribution < -0.4 is 9.74 Å². The third-order valence-electron chi connectivity index (χ3n) is 8.10. The second kappa shape index (κ2) is 12.7. The molecular formula is C35H36N6O3. The van der Waals surface area contributed by atoms with Crippen molar-refractivity contribution in [3.8, 4) is 17.1 Å². The molecule has 0 unspecified atom stereocenters. The summed E-state index contributed by atoms with van der Waals surface area (Å²) in [6.07, 6.45) is 0.549. The van der Waals surface area contributed by atoms with Gasteiger partial charge in [0.05, 0.1) is 5.56 Å². The summed E-state index contributed by atoms with van der Waals surface area (Å²) in [6, 6.07) is 31.9. The number of aromatic nitrogens is 4. The molecule has 1 aromatic heterocycles. The Morgan fingerprint density at radius 1 is 0.886 bits per heavy atom. The molecule has 9 heteroatoms. The van der Waals surface area contributed by atoms with Gasteiger partial charge in [-0.3, -0.25) is 9.74 Å². The van der Waals surface area contributed by atoms with Crippen LogP contribution in [0.25, 0.3) is 11.4 Å². The summed E-state index contributed by atoms with van der Waals surface area (Å²) < 4.78 is 0. The van der Waals surface area contributed by atoms with Crippen molar-refractivity contribution in [3.05, 3.63) is 125 Å². The number of benzene rings is 4. The molecule has 0 spiro atoms. The minimum atomic E-state index is -0.567. The summed E-state index contributed by atoms with van der Waals surface area (Å²) in [5, 5.41) is 23.2. The molecule has 1 aliphatic rings. The molecule has 1 saturated heterocycles. The van der Waals surface area contributed by atoms with Crippen molar-refractivity contribution in [1.82, 2.24) is 25.3 Å². The van der Waals surface area contributed by atoms with Crippen LogP contribution in [-0.2, 0) is 13.0 Å². The quantitative estimate of drug-likeness (QED) is 0.244. The molecule has 4 aromatic carbocycles. The number of carbonyl (C=O) groups is 1. The first-order valence-corrected chi connectivity index (χ1v) is 14.9. The molecule has 44 heavy (non-hydrogen) atoms. The Morgan fingerprint density at radius 2 is 1.68 bits per heavy atom. The molecule has 5 aromatic rings. The van der Waals surface area contributed by atoms with Crippen molar-refractivity contribution in [1.29, 1.82) is 0 Å². The van der Waals surface area contributed by atoms with Crippen molar-refractivity contribution in [2.75, 3.05) is 18.0 Å². The zero-order valence-electron chi connectivity index (χ0n) is 25.2. The number of phenolic OH excluding ortho intramolecular Hbond substituents is 1. The van der Waals surface area contributed by atoms with E-state index in [4.69, 9.17) is 4.84 Å². The normalized spacial score (nSPS) is 17.0. The van der Waals surface area contributed by atoms with E-state index in [1.807, 2.05) is 43.3 Å². The molecule has 0 amide bonds. The molecule has 1 fully saturated rings. The molecule has 9 nitrogen and oxygen atoms in total. The summed E-state index contributed by atoms with van der Waals surface area (Å²) in [7, 11) is 0. The van der Waals surface area contributed by atoms with E-state index >= 15 is 0 Å². The van der Waals surface area contributed by atoms with Gasteiger partial charge in [0, 0.05) is 54.0 Å². The monoisotopic (exact) mass is 588 g/mol. The van der Waals surface area contributed by atoms with Crippen molar-refractivity contribution < 1.29 is 14.7 Å². The zero-order chi connectivity index (χ0) is 30.6. The summed E-state index contributed by atoms with van der Waals surface area (Å²) in [5.74, 6) is 0.00588. The Kier molecular flexibility index (Phi) is 8.38. The Bertz CT molecular complexity index is 1750.